The molecule has 1 aromatic rings. The minimum absolute atomic E-state index is 0.0148. The number of rotatable bonds is 5. The van der Waals surface area contributed by atoms with Crippen LogP contribution in [0.5, 0.6) is 11.5 Å². The zero-order valence-electron chi connectivity index (χ0n) is 12.0. The third kappa shape index (κ3) is 3.29. The van der Waals surface area contributed by atoms with Crippen molar-refractivity contribution in [1.29, 1.82) is 5.26 Å². The van der Waals surface area contributed by atoms with E-state index in [0.29, 0.717) is 22.6 Å². The van der Waals surface area contributed by atoms with Crippen molar-refractivity contribution in [3.8, 4) is 17.6 Å². The van der Waals surface area contributed by atoms with Gasteiger partial charge in [-0.3, -0.25) is 0 Å². The van der Waals surface area contributed by atoms with Crippen LogP contribution < -0.4 is 9.47 Å². The molecule has 0 saturated carbocycles. The molecule has 0 aliphatic carbocycles. The summed E-state index contributed by atoms with van der Waals surface area (Å²) in [6.45, 7) is 3.61. The lowest BCUT2D eigenvalue weighted by Crippen LogP contribution is -2.08. The van der Waals surface area contributed by atoms with Crippen molar-refractivity contribution in [2.75, 3.05) is 20.8 Å². The van der Waals surface area contributed by atoms with Crippen molar-refractivity contribution in [2.45, 2.75) is 13.8 Å². The van der Waals surface area contributed by atoms with Crippen LogP contribution in [0, 0.1) is 11.3 Å². The molecule has 0 spiro atoms. The third-order valence-electron chi connectivity index (χ3n) is 2.78. The minimum Gasteiger partial charge on any atom is -0.493 e. The van der Waals surface area contributed by atoms with Gasteiger partial charge in [-0.1, -0.05) is 6.07 Å². The first-order chi connectivity index (χ1) is 9.58. The summed E-state index contributed by atoms with van der Waals surface area (Å²) in [6, 6.07) is 7.07. The summed E-state index contributed by atoms with van der Waals surface area (Å²) in [5.41, 5.74) is 1.22. The van der Waals surface area contributed by atoms with E-state index in [-0.39, 0.29) is 12.2 Å². The van der Waals surface area contributed by atoms with Crippen molar-refractivity contribution >= 4 is 11.5 Å². The monoisotopic (exact) mass is 275 g/mol. The lowest BCUT2D eigenvalue weighted by atomic mass is 10.0. The Hall–Kier alpha value is -2.48. The number of methoxy groups -OCH3 is 2. The summed E-state index contributed by atoms with van der Waals surface area (Å²) < 4.78 is 15.2. The van der Waals surface area contributed by atoms with Crippen LogP contribution in [0.25, 0.3) is 5.57 Å². The van der Waals surface area contributed by atoms with Crippen LogP contribution in [-0.4, -0.2) is 26.8 Å². The second kappa shape index (κ2) is 7.19. The van der Waals surface area contributed by atoms with Gasteiger partial charge in [0.1, 0.15) is 11.6 Å². The Morgan fingerprint density at radius 3 is 2.40 bits per heavy atom. The van der Waals surface area contributed by atoms with E-state index in [0.717, 1.165) is 0 Å². The van der Waals surface area contributed by atoms with Gasteiger partial charge < -0.3 is 14.2 Å². The average molecular weight is 275 g/mol. The zero-order chi connectivity index (χ0) is 15.1. The van der Waals surface area contributed by atoms with E-state index in [9.17, 15) is 4.79 Å². The number of hydrogen-bond donors (Lipinski definition) is 0. The van der Waals surface area contributed by atoms with E-state index in [1.807, 2.05) is 6.07 Å². The summed E-state index contributed by atoms with van der Waals surface area (Å²) in [4.78, 5) is 11.7. The predicted octanol–water partition coefficient (Wildman–Crippen LogP) is 2.56. The Morgan fingerprint density at radius 1 is 1.25 bits per heavy atom. The normalized spacial score (nSPS) is 11.2. The Bertz CT molecular complexity index is 570. The molecule has 0 radical (unpaired) electrons. The molecule has 0 aliphatic heterocycles. The Morgan fingerprint density at radius 2 is 1.90 bits per heavy atom. The molecule has 5 heteroatoms. The van der Waals surface area contributed by atoms with Gasteiger partial charge in [0.15, 0.2) is 11.5 Å². The molecule has 0 fully saturated rings. The molecule has 1 rings (SSSR count). The predicted molar refractivity (Wildman–Crippen MR) is 74.4 cm³/mol. The number of allylic oxidation sites excluding steroid dienone is 1. The van der Waals surface area contributed by atoms with Crippen LogP contribution in [0.2, 0.25) is 0 Å². The molecule has 0 aromatic heterocycles. The first kappa shape index (κ1) is 15.6. The molecule has 5 nitrogen and oxygen atoms in total. The molecule has 0 bridgehead atoms. The lowest BCUT2D eigenvalue weighted by molar-refractivity contribution is -0.137. The lowest BCUT2D eigenvalue weighted by Gasteiger charge is -2.11. The number of esters is 1. The second-order valence-electron chi connectivity index (χ2n) is 3.90. The smallest absolute Gasteiger partial charge is 0.349 e. The molecule has 0 atom stereocenters. The zero-order valence-corrected chi connectivity index (χ0v) is 12.0. The van der Waals surface area contributed by atoms with Gasteiger partial charge in [-0.05, 0) is 37.1 Å². The molecular formula is C15H17NO4. The summed E-state index contributed by atoms with van der Waals surface area (Å²) in [5, 5.41) is 9.12. The largest absolute Gasteiger partial charge is 0.493 e. The highest BCUT2D eigenvalue weighted by atomic mass is 16.5. The van der Waals surface area contributed by atoms with Crippen LogP contribution in [-0.2, 0) is 9.53 Å². The molecule has 0 heterocycles. The molecule has 0 aliphatic rings. The molecule has 106 valence electrons. The Kier molecular flexibility index (Phi) is 5.60. The van der Waals surface area contributed by atoms with E-state index in [1.54, 1.807) is 39.2 Å². The number of nitrogens with zero attached hydrogens (tertiary/aromatic N) is 1. The molecule has 0 amide bonds. The van der Waals surface area contributed by atoms with Gasteiger partial charge in [0.2, 0.25) is 0 Å². The second-order valence-corrected chi connectivity index (χ2v) is 3.90. The Labute approximate surface area is 118 Å². The molecule has 20 heavy (non-hydrogen) atoms. The molecule has 1 aromatic carbocycles. The van der Waals surface area contributed by atoms with Crippen molar-refractivity contribution in [2.24, 2.45) is 0 Å². The van der Waals surface area contributed by atoms with Gasteiger partial charge in [0, 0.05) is 0 Å². The maximum atomic E-state index is 11.7. The Balaban J connectivity index is 3.28. The van der Waals surface area contributed by atoms with E-state index >= 15 is 0 Å². The van der Waals surface area contributed by atoms with Gasteiger partial charge in [-0.2, -0.15) is 5.26 Å². The van der Waals surface area contributed by atoms with Crippen LogP contribution in [0.1, 0.15) is 19.4 Å². The fraction of sp³-hybridized carbons (Fsp3) is 0.333. The maximum absolute atomic E-state index is 11.7. The first-order valence-electron chi connectivity index (χ1n) is 6.09. The maximum Gasteiger partial charge on any atom is 0.349 e. The summed E-state index contributed by atoms with van der Waals surface area (Å²) in [7, 11) is 3.07. The van der Waals surface area contributed by atoms with Crippen molar-refractivity contribution in [3.05, 3.63) is 29.3 Å². The highest BCUT2D eigenvalue weighted by Gasteiger charge is 2.16. The topological polar surface area (TPSA) is 68.6 Å². The highest BCUT2D eigenvalue weighted by molar-refractivity contribution is 6.01. The van der Waals surface area contributed by atoms with E-state index in [1.165, 1.54) is 7.11 Å². The third-order valence-corrected chi connectivity index (χ3v) is 2.78. The van der Waals surface area contributed by atoms with Crippen LogP contribution in [0.3, 0.4) is 0 Å². The molecule has 0 saturated heterocycles. The van der Waals surface area contributed by atoms with Gasteiger partial charge in [0.05, 0.1) is 20.8 Å². The number of nitriles is 1. The number of benzene rings is 1. The van der Waals surface area contributed by atoms with Crippen LogP contribution in [0.15, 0.2) is 23.8 Å². The summed E-state index contributed by atoms with van der Waals surface area (Å²) in [6.07, 6.45) is 0. The first-order valence-corrected chi connectivity index (χ1v) is 6.09. The number of hydrogen-bond acceptors (Lipinski definition) is 5. The minimum atomic E-state index is -0.623. The highest BCUT2D eigenvalue weighted by Crippen LogP contribution is 2.31. The van der Waals surface area contributed by atoms with E-state index in [2.05, 4.69) is 0 Å². The van der Waals surface area contributed by atoms with Crippen molar-refractivity contribution in [1.82, 2.24) is 0 Å². The van der Waals surface area contributed by atoms with E-state index < -0.39 is 5.97 Å². The van der Waals surface area contributed by atoms with Gasteiger partial charge in [-0.25, -0.2) is 4.79 Å². The van der Waals surface area contributed by atoms with E-state index in [4.69, 9.17) is 19.5 Å². The summed E-state index contributed by atoms with van der Waals surface area (Å²) >= 11 is 0. The van der Waals surface area contributed by atoms with Gasteiger partial charge in [-0.15, -0.1) is 0 Å². The number of carbonyl (C=O) groups excluding carboxylic acids is 1. The van der Waals surface area contributed by atoms with Crippen LogP contribution in [0.4, 0.5) is 0 Å². The molecule has 0 unspecified atom stereocenters. The standard InChI is InChI=1S/C15H17NO4/c1-5-20-15(17)12(9-16)10(2)11-6-7-13(18-3)14(8-11)19-4/h6-8H,5H2,1-4H3/b12-10+. The number of carbonyl (C=O) groups is 1. The fourth-order valence-corrected chi connectivity index (χ4v) is 1.70. The molecule has 0 N–H and O–H groups in total. The summed E-state index contributed by atoms with van der Waals surface area (Å²) in [5.74, 6) is 0.492. The average Bonchev–Trinajstić information content (AvgIpc) is 2.47. The van der Waals surface area contributed by atoms with Gasteiger partial charge >= 0.3 is 5.97 Å². The van der Waals surface area contributed by atoms with Crippen molar-refractivity contribution in [3.63, 3.8) is 0 Å². The van der Waals surface area contributed by atoms with Gasteiger partial charge in [0.25, 0.3) is 0 Å². The van der Waals surface area contributed by atoms with Crippen molar-refractivity contribution < 1.29 is 19.0 Å². The number of ether oxygens (including phenoxy) is 3. The molecular weight excluding hydrogens is 258 g/mol. The fourth-order valence-electron chi connectivity index (χ4n) is 1.70. The SMILES string of the molecule is CCOC(=O)/C(C#N)=C(\C)c1ccc(OC)c(OC)c1. The quantitative estimate of drug-likeness (QED) is 0.469. The van der Waals surface area contributed by atoms with Crippen LogP contribution >= 0.6 is 0 Å².